The average molecular weight is 395 g/mol. The van der Waals surface area contributed by atoms with Crippen LogP contribution in [0.5, 0.6) is 0 Å². The zero-order valence-electron chi connectivity index (χ0n) is 17.1. The van der Waals surface area contributed by atoms with Gasteiger partial charge in [0, 0.05) is 34.7 Å². The lowest BCUT2D eigenvalue weighted by atomic mass is 9.94. The fourth-order valence-electron chi connectivity index (χ4n) is 2.93. The number of carbonyl (C=O) groups is 1. The lowest BCUT2D eigenvalue weighted by Crippen LogP contribution is -2.49. The molecular formula is C19H31ClN6O. The van der Waals surface area contributed by atoms with E-state index in [0.29, 0.717) is 12.5 Å². The minimum absolute atomic E-state index is 0. The Morgan fingerprint density at radius 2 is 1.70 bits per heavy atom. The molecule has 0 unspecified atom stereocenters. The molecule has 0 aliphatic rings. The van der Waals surface area contributed by atoms with Crippen molar-refractivity contribution >= 4 is 18.3 Å². The highest BCUT2D eigenvalue weighted by atomic mass is 35.5. The Labute approximate surface area is 167 Å². The summed E-state index contributed by atoms with van der Waals surface area (Å²) in [7, 11) is 0. The number of nitrogens with zero attached hydrogens (tertiary/aromatic N) is 4. The summed E-state index contributed by atoms with van der Waals surface area (Å²) < 4.78 is 1.71. The molecule has 150 valence electrons. The molecule has 0 bridgehead atoms. The van der Waals surface area contributed by atoms with Crippen LogP contribution in [0.4, 0.5) is 0 Å². The molecule has 0 fully saturated rings. The molecule has 0 aromatic carbocycles. The molecule has 7 nitrogen and oxygen atoms in total. The topological polar surface area (TPSA) is 98.7 Å². The van der Waals surface area contributed by atoms with Gasteiger partial charge in [-0.2, -0.15) is 5.10 Å². The maximum Gasteiger partial charge on any atom is 0.251 e. The fraction of sp³-hybridized carbons (Fsp3) is 0.579. The van der Waals surface area contributed by atoms with Crippen molar-refractivity contribution in [3.63, 3.8) is 0 Å². The summed E-state index contributed by atoms with van der Waals surface area (Å²) in [6.45, 7) is 12.3. The van der Waals surface area contributed by atoms with Crippen LogP contribution in [-0.4, -0.2) is 37.7 Å². The number of aryl methyl sites for hydroxylation is 3. The summed E-state index contributed by atoms with van der Waals surface area (Å²) >= 11 is 0. The van der Waals surface area contributed by atoms with Gasteiger partial charge in [-0.05, 0) is 46.6 Å². The SMILES string of the molecule is CCC(N)(CC)CNC(=O)Cc1c(C)nn(-c2nc(C)cc(C)n2)c1C.Cl. The molecule has 2 rings (SSSR count). The van der Waals surface area contributed by atoms with Crippen molar-refractivity contribution in [2.24, 2.45) is 5.73 Å². The van der Waals surface area contributed by atoms with Crippen molar-refractivity contribution < 1.29 is 4.79 Å². The number of carbonyl (C=O) groups excluding carboxylic acids is 1. The van der Waals surface area contributed by atoms with E-state index in [-0.39, 0.29) is 30.3 Å². The summed E-state index contributed by atoms with van der Waals surface area (Å²) in [6.07, 6.45) is 1.92. The van der Waals surface area contributed by atoms with E-state index >= 15 is 0 Å². The lowest BCUT2D eigenvalue weighted by molar-refractivity contribution is -0.120. The van der Waals surface area contributed by atoms with Gasteiger partial charge in [0.2, 0.25) is 5.91 Å². The van der Waals surface area contributed by atoms with E-state index < -0.39 is 0 Å². The second kappa shape index (κ2) is 9.28. The van der Waals surface area contributed by atoms with Gasteiger partial charge in [0.15, 0.2) is 0 Å². The number of nitrogens with two attached hydrogens (primary N) is 1. The molecule has 0 aliphatic carbocycles. The molecule has 1 amide bonds. The first kappa shape index (κ1) is 23.0. The summed E-state index contributed by atoms with van der Waals surface area (Å²) in [6, 6.07) is 1.92. The van der Waals surface area contributed by atoms with Gasteiger partial charge in [-0.25, -0.2) is 14.6 Å². The molecule has 0 aliphatic heterocycles. The van der Waals surface area contributed by atoms with Gasteiger partial charge in [0.05, 0.1) is 12.1 Å². The van der Waals surface area contributed by atoms with E-state index in [2.05, 4.69) is 20.4 Å². The Balaban J connectivity index is 0.00000364. The van der Waals surface area contributed by atoms with Gasteiger partial charge in [0.25, 0.3) is 5.95 Å². The predicted molar refractivity (Wildman–Crippen MR) is 110 cm³/mol. The normalized spacial score (nSPS) is 11.2. The fourth-order valence-corrected chi connectivity index (χ4v) is 2.93. The second-order valence-corrected chi connectivity index (χ2v) is 7.03. The number of aromatic nitrogens is 4. The highest BCUT2D eigenvalue weighted by Gasteiger charge is 2.22. The van der Waals surface area contributed by atoms with Gasteiger partial charge in [0.1, 0.15) is 0 Å². The second-order valence-electron chi connectivity index (χ2n) is 7.03. The molecule has 2 aromatic rings. The van der Waals surface area contributed by atoms with Gasteiger partial charge >= 0.3 is 0 Å². The van der Waals surface area contributed by atoms with Crippen LogP contribution in [0.25, 0.3) is 5.95 Å². The number of nitrogens with one attached hydrogen (secondary N) is 1. The molecule has 3 N–H and O–H groups in total. The number of halogens is 1. The van der Waals surface area contributed by atoms with Crippen LogP contribution in [0.3, 0.4) is 0 Å². The Kier molecular flexibility index (Phi) is 7.92. The summed E-state index contributed by atoms with van der Waals surface area (Å²) in [5.74, 6) is 0.488. The summed E-state index contributed by atoms with van der Waals surface area (Å²) in [5.41, 5.74) is 10.3. The molecule has 8 heteroatoms. The summed E-state index contributed by atoms with van der Waals surface area (Å²) in [5, 5.41) is 7.51. The molecule has 27 heavy (non-hydrogen) atoms. The highest BCUT2D eigenvalue weighted by molar-refractivity contribution is 5.85. The molecule has 0 radical (unpaired) electrons. The van der Waals surface area contributed by atoms with E-state index in [1.165, 1.54) is 0 Å². The maximum atomic E-state index is 12.4. The third-order valence-electron chi connectivity index (χ3n) is 4.98. The molecular weight excluding hydrogens is 364 g/mol. The van der Waals surface area contributed by atoms with Crippen molar-refractivity contribution in [1.82, 2.24) is 25.1 Å². The number of hydrogen-bond donors (Lipinski definition) is 2. The largest absolute Gasteiger partial charge is 0.354 e. The van der Waals surface area contributed by atoms with E-state index in [4.69, 9.17) is 5.73 Å². The van der Waals surface area contributed by atoms with E-state index in [1.807, 2.05) is 47.6 Å². The van der Waals surface area contributed by atoms with Crippen LogP contribution in [0.1, 0.15) is 55.0 Å². The van der Waals surface area contributed by atoms with Gasteiger partial charge in [-0.1, -0.05) is 13.8 Å². The Bertz CT molecular complexity index is 777. The van der Waals surface area contributed by atoms with Crippen molar-refractivity contribution in [2.45, 2.75) is 66.3 Å². The molecule has 2 heterocycles. The molecule has 0 saturated carbocycles. The van der Waals surface area contributed by atoms with Crippen molar-refractivity contribution in [1.29, 1.82) is 0 Å². The van der Waals surface area contributed by atoms with Gasteiger partial charge < -0.3 is 11.1 Å². The average Bonchev–Trinajstić information content (AvgIpc) is 2.87. The Morgan fingerprint density at radius 3 is 2.22 bits per heavy atom. The van der Waals surface area contributed by atoms with Gasteiger partial charge in [-0.15, -0.1) is 12.4 Å². The van der Waals surface area contributed by atoms with E-state index in [0.717, 1.165) is 41.2 Å². The molecule has 0 atom stereocenters. The zero-order valence-corrected chi connectivity index (χ0v) is 17.9. The molecule has 2 aromatic heterocycles. The van der Waals surface area contributed by atoms with Crippen LogP contribution < -0.4 is 11.1 Å². The standard InChI is InChI=1S/C19H30N6O.ClH/c1-7-19(20,8-2)11-21-17(26)10-16-14(5)24-25(15(16)6)18-22-12(3)9-13(4)23-18;/h9H,7-8,10-11,20H2,1-6H3,(H,21,26);1H. The van der Waals surface area contributed by atoms with Crippen LogP contribution in [-0.2, 0) is 11.2 Å². The first-order valence-electron chi connectivity index (χ1n) is 9.12. The van der Waals surface area contributed by atoms with Crippen molar-refractivity contribution in [2.75, 3.05) is 6.54 Å². The number of amides is 1. The van der Waals surface area contributed by atoms with Crippen molar-refractivity contribution in [3.8, 4) is 5.95 Å². The van der Waals surface area contributed by atoms with Crippen LogP contribution >= 0.6 is 12.4 Å². The Hall–Kier alpha value is -1.99. The van der Waals surface area contributed by atoms with Crippen LogP contribution in [0.15, 0.2) is 6.07 Å². The van der Waals surface area contributed by atoms with E-state index in [9.17, 15) is 4.79 Å². The first-order valence-corrected chi connectivity index (χ1v) is 9.12. The quantitative estimate of drug-likeness (QED) is 0.751. The Morgan fingerprint density at radius 1 is 1.15 bits per heavy atom. The predicted octanol–water partition coefficient (Wildman–Crippen LogP) is 2.49. The maximum absolute atomic E-state index is 12.4. The molecule has 0 saturated heterocycles. The van der Waals surface area contributed by atoms with Crippen molar-refractivity contribution in [3.05, 3.63) is 34.4 Å². The number of rotatable bonds is 7. The van der Waals surface area contributed by atoms with Crippen LogP contribution in [0.2, 0.25) is 0 Å². The van der Waals surface area contributed by atoms with Gasteiger partial charge in [-0.3, -0.25) is 4.79 Å². The first-order chi connectivity index (χ1) is 12.2. The van der Waals surface area contributed by atoms with E-state index in [1.54, 1.807) is 4.68 Å². The minimum atomic E-state index is -0.350. The summed E-state index contributed by atoms with van der Waals surface area (Å²) in [4.78, 5) is 21.3. The smallest absolute Gasteiger partial charge is 0.251 e. The third kappa shape index (κ3) is 5.49. The third-order valence-corrected chi connectivity index (χ3v) is 4.98. The molecule has 0 spiro atoms. The monoisotopic (exact) mass is 394 g/mol. The lowest BCUT2D eigenvalue weighted by Gasteiger charge is -2.26. The highest BCUT2D eigenvalue weighted by Crippen LogP contribution is 2.17. The number of hydrogen-bond acceptors (Lipinski definition) is 5. The van der Waals surface area contributed by atoms with Crippen LogP contribution in [0, 0.1) is 27.7 Å². The zero-order chi connectivity index (χ0) is 19.5. The minimum Gasteiger partial charge on any atom is -0.354 e.